The number of carbonyl (C=O) groups excluding carboxylic acids is 1. The average molecular weight is 290 g/mol. The van der Waals surface area contributed by atoms with Gasteiger partial charge >= 0.3 is 0 Å². The third-order valence-electron chi connectivity index (χ3n) is 3.50. The summed E-state index contributed by atoms with van der Waals surface area (Å²) in [4.78, 5) is 14.2. The van der Waals surface area contributed by atoms with Gasteiger partial charge in [0.2, 0.25) is 0 Å². The van der Waals surface area contributed by atoms with Gasteiger partial charge in [-0.15, -0.1) is 0 Å². The zero-order valence-corrected chi connectivity index (χ0v) is 12.0. The number of carbonyl (C=O) groups is 1. The van der Waals surface area contributed by atoms with Crippen LogP contribution in [0, 0.1) is 17.7 Å². The molecule has 1 fully saturated rings. The SMILES string of the molecule is CC1(O)CCCN(C(=O)c2ccc(F)cc2C#CCN)C1. The molecule has 112 valence electrons. The van der Waals surface area contributed by atoms with Crippen LogP contribution in [0.25, 0.3) is 0 Å². The first-order valence-electron chi connectivity index (χ1n) is 6.93. The van der Waals surface area contributed by atoms with Crippen LogP contribution in [0.4, 0.5) is 4.39 Å². The standard InChI is InChI=1S/C16H19FN2O2/c1-16(21)7-3-9-19(11-16)15(20)14-6-5-13(17)10-12(14)4-2-8-18/h5-6,10,21H,3,7-9,11,18H2,1H3. The molecule has 1 aliphatic heterocycles. The molecule has 2 rings (SSSR count). The van der Waals surface area contributed by atoms with E-state index < -0.39 is 11.4 Å². The van der Waals surface area contributed by atoms with Crippen LogP contribution in [0.1, 0.15) is 35.7 Å². The molecule has 0 bridgehead atoms. The smallest absolute Gasteiger partial charge is 0.255 e. The lowest BCUT2D eigenvalue weighted by Crippen LogP contribution is -2.48. The number of nitrogens with two attached hydrogens (primary N) is 1. The van der Waals surface area contributed by atoms with Crippen molar-refractivity contribution >= 4 is 5.91 Å². The van der Waals surface area contributed by atoms with Gasteiger partial charge in [0.15, 0.2) is 0 Å². The van der Waals surface area contributed by atoms with Crippen molar-refractivity contribution in [3.8, 4) is 11.8 Å². The minimum Gasteiger partial charge on any atom is -0.388 e. The number of hydrogen-bond acceptors (Lipinski definition) is 3. The van der Waals surface area contributed by atoms with Gasteiger partial charge in [-0.3, -0.25) is 4.79 Å². The molecule has 1 aromatic rings. The van der Waals surface area contributed by atoms with Gasteiger partial charge in [0, 0.05) is 18.7 Å². The first-order chi connectivity index (χ1) is 9.93. The minimum absolute atomic E-state index is 0.141. The van der Waals surface area contributed by atoms with Gasteiger partial charge in [-0.1, -0.05) is 11.8 Å². The number of piperidine rings is 1. The molecular formula is C16H19FN2O2. The van der Waals surface area contributed by atoms with Crippen LogP contribution in [-0.4, -0.2) is 41.1 Å². The first kappa shape index (κ1) is 15.5. The van der Waals surface area contributed by atoms with Gasteiger partial charge in [0.25, 0.3) is 5.91 Å². The maximum Gasteiger partial charge on any atom is 0.255 e. The second kappa shape index (κ2) is 6.25. The second-order valence-electron chi connectivity index (χ2n) is 5.52. The Morgan fingerprint density at radius 3 is 3.00 bits per heavy atom. The highest BCUT2D eigenvalue weighted by atomic mass is 19.1. The summed E-state index contributed by atoms with van der Waals surface area (Å²) < 4.78 is 13.3. The molecule has 0 saturated carbocycles. The normalized spacial score (nSPS) is 21.6. The lowest BCUT2D eigenvalue weighted by atomic mass is 9.94. The summed E-state index contributed by atoms with van der Waals surface area (Å²) in [6, 6.07) is 3.91. The summed E-state index contributed by atoms with van der Waals surface area (Å²) in [6.45, 7) is 2.71. The molecular weight excluding hydrogens is 271 g/mol. The first-order valence-corrected chi connectivity index (χ1v) is 6.93. The lowest BCUT2D eigenvalue weighted by molar-refractivity contribution is -0.0107. The Morgan fingerprint density at radius 1 is 1.57 bits per heavy atom. The van der Waals surface area contributed by atoms with E-state index >= 15 is 0 Å². The fraction of sp³-hybridized carbons (Fsp3) is 0.438. The number of amides is 1. The molecule has 1 heterocycles. The van der Waals surface area contributed by atoms with E-state index in [1.807, 2.05) is 0 Å². The quantitative estimate of drug-likeness (QED) is 0.762. The molecule has 0 aliphatic carbocycles. The summed E-state index contributed by atoms with van der Waals surface area (Å²) >= 11 is 0. The third kappa shape index (κ3) is 3.81. The van der Waals surface area contributed by atoms with Crippen LogP contribution in [-0.2, 0) is 0 Å². The molecule has 1 amide bonds. The average Bonchev–Trinajstić information content (AvgIpc) is 2.43. The molecule has 0 aromatic heterocycles. The molecule has 0 radical (unpaired) electrons. The number of aliphatic hydroxyl groups is 1. The van der Waals surface area contributed by atoms with Crippen molar-refractivity contribution in [1.82, 2.24) is 4.90 Å². The third-order valence-corrected chi connectivity index (χ3v) is 3.50. The van der Waals surface area contributed by atoms with Gasteiger partial charge in [0.1, 0.15) is 5.82 Å². The van der Waals surface area contributed by atoms with Crippen LogP contribution in [0.2, 0.25) is 0 Å². The predicted molar refractivity (Wildman–Crippen MR) is 78.1 cm³/mol. The van der Waals surface area contributed by atoms with Crippen LogP contribution >= 0.6 is 0 Å². The molecule has 21 heavy (non-hydrogen) atoms. The largest absolute Gasteiger partial charge is 0.388 e. The highest BCUT2D eigenvalue weighted by Gasteiger charge is 2.31. The van der Waals surface area contributed by atoms with E-state index in [1.165, 1.54) is 18.2 Å². The topological polar surface area (TPSA) is 66.6 Å². The number of halogens is 1. The minimum atomic E-state index is -0.878. The van der Waals surface area contributed by atoms with Gasteiger partial charge in [0.05, 0.1) is 17.7 Å². The van der Waals surface area contributed by atoms with E-state index in [9.17, 15) is 14.3 Å². The summed E-state index contributed by atoms with van der Waals surface area (Å²) in [6.07, 6.45) is 1.41. The van der Waals surface area contributed by atoms with E-state index in [0.717, 1.165) is 6.42 Å². The van der Waals surface area contributed by atoms with Crippen LogP contribution in [0.5, 0.6) is 0 Å². The molecule has 0 spiro atoms. The Balaban J connectivity index is 2.30. The highest BCUT2D eigenvalue weighted by Crippen LogP contribution is 2.23. The van der Waals surface area contributed by atoms with Crippen LogP contribution < -0.4 is 5.73 Å². The number of benzene rings is 1. The molecule has 1 saturated heterocycles. The fourth-order valence-electron chi connectivity index (χ4n) is 2.52. The Kier molecular flexibility index (Phi) is 4.61. The van der Waals surface area contributed by atoms with Gasteiger partial charge in [-0.2, -0.15) is 0 Å². The molecule has 3 N–H and O–H groups in total. The van der Waals surface area contributed by atoms with Crippen molar-refractivity contribution in [3.63, 3.8) is 0 Å². The van der Waals surface area contributed by atoms with Crippen molar-refractivity contribution < 1.29 is 14.3 Å². The number of β-amino-alcohol motifs (C(OH)–C–C–N with tert-alkyl or cyclic N) is 1. The van der Waals surface area contributed by atoms with Crippen LogP contribution in [0.15, 0.2) is 18.2 Å². The number of rotatable bonds is 1. The number of nitrogens with zero attached hydrogens (tertiary/aromatic N) is 1. The Labute approximate surface area is 123 Å². The zero-order chi connectivity index (χ0) is 15.5. The number of likely N-dealkylation sites (tertiary alicyclic amines) is 1. The van der Waals surface area contributed by atoms with Gasteiger partial charge < -0.3 is 15.7 Å². The Bertz CT molecular complexity index is 602. The van der Waals surface area contributed by atoms with Crippen molar-refractivity contribution in [2.24, 2.45) is 5.73 Å². The number of hydrogen-bond donors (Lipinski definition) is 2. The Hall–Kier alpha value is -1.90. The molecule has 1 unspecified atom stereocenters. The predicted octanol–water partition coefficient (Wildman–Crippen LogP) is 1.12. The highest BCUT2D eigenvalue weighted by molar-refractivity contribution is 5.96. The summed E-state index contributed by atoms with van der Waals surface area (Å²) in [5.74, 6) is 4.68. The lowest BCUT2D eigenvalue weighted by Gasteiger charge is -2.37. The van der Waals surface area contributed by atoms with Gasteiger partial charge in [-0.25, -0.2) is 4.39 Å². The zero-order valence-electron chi connectivity index (χ0n) is 12.0. The van der Waals surface area contributed by atoms with E-state index in [-0.39, 0.29) is 19.0 Å². The molecule has 5 heteroatoms. The molecule has 1 atom stereocenters. The summed E-state index contributed by atoms with van der Waals surface area (Å²) in [5.41, 5.74) is 5.12. The van der Waals surface area contributed by atoms with Crippen molar-refractivity contribution in [2.45, 2.75) is 25.4 Å². The van der Waals surface area contributed by atoms with E-state index in [0.29, 0.717) is 24.1 Å². The maximum absolute atomic E-state index is 13.3. The monoisotopic (exact) mass is 290 g/mol. The van der Waals surface area contributed by atoms with Crippen molar-refractivity contribution in [3.05, 3.63) is 35.1 Å². The molecule has 1 aromatic carbocycles. The summed E-state index contributed by atoms with van der Waals surface area (Å²) in [7, 11) is 0. The summed E-state index contributed by atoms with van der Waals surface area (Å²) in [5, 5.41) is 10.1. The van der Waals surface area contributed by atoms with E-state index in [4.69, 9.17) is 5.73 Å². The molecule has 4 nitrogen and oxygen atoms in total. The van der Waals surface area contributed by atoms with Crippen molar-refractivity contribution in [2.75, 3.05) is 19.6 Å². The second-order valence-corrected chi connectivity index (χ2v) is 5.52. The fourth-order valence-corrected chi connectivity index (χ4v) is 2.52. The Morgan fingerprint density at radius 2 is 2.33 bits per heavy atom. The maximum atomic E-state index is 13.3. The van der Waals surface area contributed by atoms with E-state index in [2.05, 4.69) is 11.8 Å². The van der Waals surface area contributed by atoms with Crippen LogP contribution in [0.3, 0.4) is 0 Å². The molecule has 1 aliphatic rings. The van der Waals surface area contributed by atoms with Gasteiger partial charge in [-0.05, 0) is 38.0 Å². The van der Waals surface area contributed by atoms with E-state index in [1.54, 1.807) is 11.8 Å². The van der Waals surface area contributed by atoms with Crippen molar-refractivity contribution in [1.29, 1.82) is 0 Å².